The number of phenolic OH excluding ortho intramolecular Hbond substituents is 1. The number of aromatic hydroxyl groups is 1. The van der Waals surface area contributed by atoms with E-state index < -0.39 is 5.97 Å². The maximum Gasteiger partial charge on any atom is 0.303 e. The molecule has 0 aliphatic carbocycles. The number of carboxylic acids is 1. The van der Waals surface area contributed by atoms with Crippen LogP contribution in [-0.2, 0) is 17.8 Å². The van der Waals surface area contributed by atoms with Crippen LogP contribution in [0, 0.1) is 6.92 Å². The molecule has 0 amide bonds. The number of nitrogens with zero attached hydrogens (tertiary/aromatic N) is 1. The average molecular weight is 351 g/mol. The lowest BCUT2D eigenvalue weighted by Gasteiger charge is -2.13. The lowest BCUT2D eigenvalue weighted by atomic mass is 9.99. The van der Waals surface area contributed by atoms with Crippen LogP contribution in [0.25, 0.3) is 10.9 Å². The van der Waals surface area contributed by atoms with Crippen molar-refractivity contribution < 1.29 is 15.0 Å². The van der Waals surface area contributed by atoms with E-state index >= 15 is 0 Å². The van der Waals surface area contributed by atoms with Gasteiger partial charge in [0.25, 0.3) is 0 Å². The number of phenols is 1. The standard InChI is InChI=1S/C22H25NO3/c1-14(2)19-12-16(8-10-21(19)24)13-23-15(3)17(9-11-22(25)26)18-6-4-5-7-20(18)23/h4-8,10,12,14,24H,9,11,13H2,1-3H3,(H,25,26). The molecule has 0 saturated carbocycles. The fourth-order valence-corrected chi connectivity index (χ4v) is 3.60. The number of benzene rings is 2. The third kappa shape index (κ3) is 3.45. The van der Waals surface area contributed by atoms with E-state index in [4.69, 9.17) is 5.11 Å². The SMILES string of the molecule is Cc1c(CCC(=O)O)c2ccccc2n1Cc1ccc(O)c(C(C)C)c1. The molecule has 0 saturated heterocycles. The predicted molar refractivity (Wildman–Crippen MR) is 104 cm³/mol. The first-order chi connectivity index (χ1) is 12.4. The van der Waals surface area contributed by atoms with Crippen LogP contribution in [0.5, 0.6) is 5.75 Å². The summed E-state index contributed by atoms with van der Waals surface area (Å²) in [7, 11) is 0. The van der Waals surface area contributed by atoms with Gasteiger partial charge in [0.15, 0.2) is 0 Å². The van der Waals surface area contributed by atoms with Crippen molar-refractivity contribution in [1.82, 2.24) is 4.57 Å². The highest BCUT2D eigenvalue weighted by molar-refractivity contribution is 5.86. The van der Waals surface area contributed by atoms with E-state index in [-0.39, 0.29) is 12.3 Å². The number of hydrogen-bond acceptors (Lipinski definition) is 2. The molecule has 3 rings (SSSR count). The number of aryl methyl sites for hydroxylation is 1. The topological polar surface area (TPSA) is 62.5 Å². The smallest absolute Gasteiger partial charge is 0.303 e. The second kappa shape index (κ2) is 7.24. The molecule has 2 aromatic carbocycles. The van der Waals surface area contributed by atoms with Gasteiger partial charge in [-0.25, -0.2) is 0 Å². The van der Waals surface area contributed by atoms with Gasteiger partial charge in [-0.15, -0.1) is 0 Å². The Morgan fingerprint density at radius 2 is 1.88 bits per heavy atom. The summed E-state index contributed by atoms with van der Waals surface area (Å²) < 4.78 is 2.24. The summed E-state index contributed by atoms with van der Waals surface area (Å²) in [5, 5.41) is 20.2. The number of aliphatic carboxylic acids is 1. The van der Waals surface area contributed by atoms with Crippen LogP contribution in [-0.4, -0.2) is 20.7 Å². The van der Waals surface area contributed by atoms with E-state index in [1.807, 2.05) is 18.2 Å². The molecule has 0 bridgehead atoms. The summed E-state index contributed by atoms with van der Waals surface area (Å²) in [6.45, 7) is 6.89. The van der Waals surface area contributed by atoms with Crippen molar-refractivity contribution in [1.29, 1.82) is 0 Å². The lowest BCUT2D eigenvalue weighted by Crippen LogP contribution is -2.04. The Labute approximate surface area is 153 Å². The summed E-state index contributed by atoms with van der Waals surface area (Å²) in [4.78, 5) is 11.0. The molecule has 0 atom stereocenters. The molecule has 0 unspecified atom stereocenters. The fraction of sp³-hybridized carbons (Fsp3) is 0.318. The first kappa shape index (κ1) is 18.1. The van der Waals surface area contributed by atoms with E-state index in [0.29, 0.717) is 18.7 Å². The molecule has 0 aliphatic heterocycles. The predicted octanol–water partition coefficient (Wildman–Crippen LogP) is 4.84. The first-order valence-corrected chi connectivity index (χ1v) is 8.98. The highest BCUT2D eigenvalue weighted by Crippen LogP contribution is 2.30. The Balaban J connectivity index is 2.04. The van der Waals surface area contributed by atoms with Gasteiger partial charge in [-0.2, -0.15) is 0 Å². The van der Waals surface area contributed by atoms with E-state index in [2.05, 4.69) is 43.5 Å². The largest absolute Gasteiger partial charge is 0.508 e. The third-order valence-corrected chi connectivity index (χ3v) is 5.01. The molecule has 1 aromatic heterocycles. The number of carbonyl (C=O) groups is 1. The van der Waals surface area contributed by atoms with Gasteiger partial charge in [0, 0.05) is 29.6 Å². The van der Waals surface area contributed by atoms with Crippen molar-refractivity contribution in [3.05, 3.63) is 64.8 Å². The fourth-order valence-electron chi connectivity index (χ4n) is 3.60. The van der Waals surface area contributed by atoms with Crippen molar-refractivity contribution in [2.75, 3.05) is 0 Å². The quantitative estimate of drug-likeness (QED) is 0.668. The van der Waals surface area contributed by atoms with E-state index in [1.165, 1.54) is 0 Å². The Morgan fingerprint density at radius 1 is 1.15 bits per heavy atom. The molecule has 0 spiro atoms. The molecule has 26 heavy (non-hydrogen) atoms. The summed E-state index contributed by atoms with van der Waals surface area (Å²) >= 11 is 0. The monoisotopic (exact) mass is 351 g/mol. The minimum absolute atomic E-state index is 0.131. The van der Waals surface area contributed by atoms with Crippen LogP contribution in [0.15, 0.2) is 42.5 Å². The first-order valence-electron chi connectivity index (χ1n) is 8.98. The van der Waals surface area contributed by atoms with Crippen LogP contribution in [0.1, 0.15) is 48.6 Å². The molecule has 0 radical (unpaired) electrons. The zero-order chi connectivity index (χ0) is 18.8. The normalized spacial score (nSPS) is 11.4. The minimum Gasteiger partial charge on any atom is -0.508 e. The zero-order valence-corrected chi connectivity index (χ0v) is 15.5. The van der Waals surface area contributed by atoms with Crippen LogP contribution >= 0.6 is 0 Å². The van der Waals surface area contributed by atoms with Crippen LogP contribution < -0.4 is 0 Å². The lowest BCUT2D eigenvalue weighted by molar-refractivity contribution is -0.136. The Kier molecular flexibility index (Phi) is 5.03. The number of carboxylic acid groups (broad SMARTS) is 1. The van der Waals surface area contributed by atoms with Crippen LogP contribution in [0.4, 0.5) is 0 Å². The van der Waals surface area contributed by atoms with E-state index in [1.54, 1.807) is 6.07 Å². The third-order valence-electron chi connectivity index (χ3n) is 5.01. The summed E-state index contributed by atoms with van der Waals surface area (Å²) in [5.74, 6) is -0.190. The number of fused-ring (bicyclic) bond motifs is 1. The molecule has 0 aliphatic rings. The van der Waals surface area contributed by atoms with Gasteiger partial charge >= 0.3 is 5.97 Å². The highest BCUT2D eigenvalue weighted by Gasteiger charge is 2.15. The molecule has 3 aromatic rings. The molecule has 1 heterocycles. The molecule has 0 fully saturated rings. The van der Waals surface area contributed by atoms with Gasteiger partial charge in [0.05, 0.1) is 0 Å². The van der Waals surface area contributed by atoms with Crippen molar-refractivity contribution in [2.24, 2.45) is 0 Å². The van der Waals surface area contributed by atoms with Crippen LogP contribution in [0.3, 0.4) is 0 Å². The van der Waals surface area contributed by atoms with Crippen molar-refractivity contribution in [3.63, 3.8) is 0 Å². The molecule has 2 N–H and O–H groups in total. The van der Waals surface area contributed by atoms with Gasteiger partial charge < -0.3 is 14.8 Å². The van der Waals surface area contributed by atoms with E-state index in [0.717, 1.165) is 33.3 Å². The Morgan fingerprint density at radius 3 is 2.58 bits per heavy atom. The Bertz CT molecular complexity index is 953. The maximum atomic E-state index is 11.0. The zero-order valence-electron chi connectivity index (χ0n) is 15.5. The highest BCUT2D eigenvalue weighted by atomic mass is 16.4. The number of para-hydroxylation sites is 1. The molecular weight excluding hydrogens is 326 g/mol. The van der Waals surface area contributed by atoms with Gasteiger partial charge in [-0.1, -0.05) is 44.2 Å². The van der Waals surface area contributed by atoms with Gasteiger partial charge in [-0.05, 0) is 48.1 Å². The summed E-state index contributed by atoms with van der Waals surface area (Å²) in [5.41, 5.74) is 5.39. The second-order valence-corrected chi connectivity index (χ2v) is 7.11. The number of aromatic nitrogens is 1. The molecule has 4 nitrogen and oxygen atoms in total. The molecule has 136 valence electrons. The van der Waals surface area contributed by atoms with Crippen LogP contribution in [0.2, 0.25) is 0 Å². The van der Waals surface area contributed by atoms with Gasteiger partial charge in [0.1, 0.15) is 5.75 Å². The molecule has 4 heteroatoms. The summed E-state index contributed by atoms with van der Waals surface area (Å²) in [6, 6.07) is 13.9. The van der Waals surface area contributed by atoms with Crippen molar-refractivity contribution in [2.45, 2.75) is 46.1 Å². The Hall–Kier alpha value is -2.75. The molecular formula is C22H25NO3. The average Bonchev–Trinajstić information content (AvgIpc) is 2.86. The second-order valence-electron chi connectivity index (χ2n) is 7.11. The van der Waals surface area contributed by atoms with E-state index in [9.17, 15) is 9.90 Å². The number of hydrogen-bond donors (Lipinski definition) is 2. The maximum absolute atomic E-state index is 11.0. The minimum atomic E-state index is -0.777. The van der Waals surface area contributed by atoms with Gasteiger partial charge in [-0.3, -0.25) is 4.79 Å². The van der Waals surface area contributed by atoms with Crippen molar-refractivity contribution >= 4 is 16.9 Å². The summed E-state index contributed by atoms with van der Waals surface area (Å²) in [6.07, 6.45) is 0.660. The van der Waals surface area contributed by atoms with Gasteiger partial charge in [0.2, 0.25) is 0 Å². The number of rotatable bonds is 6. The van der Waals surface area contributed by atoms with Crippen molar-refractivity contribution in [3.8, 4) is 5.75 Å².